The minimum atomic E-state index is -0.643. The number of rotatable bonds is 4. The van der Waals surface area contributed by atoms with Crippen molar-refractivity contribution in [2.75, 3.05) is 12.9 Å². The molecule has 6 nitrogen and oxygen atoms in total. The molecule has 0 fully saturated rings. The summed E-state index contributed by atoms with van der Waals surface area (Å²) in [7, 11) is 1.20. The minimum absolute atomic E-state index is 0.00483. The number of carbonyl (C=O) groups excluding carboxylic acids is 2. The molecule has 1 aromatic rings. The number of methoxy groups -OCH3 is 1. The van der Waals surface area contributed by atoms with E-state index in [1.54, 1.807) is 0 Å². The van der Waals surface area contributed by atoms with Gasteiger partial charge >= 0.3 is 5.97 Å². The van der Waals surface area contributed by atoms with Gasteiger partial charge in [-0.1, -0.05) is 23.6 Å². The fourth-order valence-electron chi connectivity index (χ4n) is 1.44. The summed E-state index contributed by atoms with van der Waals surface area (Å²) in [5, 5.41) is 11.0. The summed E-state index contributed by atoms with van der Waals surface area (Å²) in [5.41, 5.74) is 0.0759. The lowest BCUT2D eigenvalue weighted by atomic mass is 10.1. The first-order valence-corrected chi connectivity index (χ1v) is 6.93. The minimum Gasteiger partial charge on any atom is -0.465 e. The number of ether oxygens (including phenoxy) is 1. The molecule has 0 saturated carbocycles. The zero-order valence-electron chi connectivity index (χ0n) is 11.5. The molecular formula is C14H13NO5S. The van der Waals surface area contributed by atoms with Crippen LogP contribution in [0.2, 0.25) is 0 Å². The molecule has 1 aromatic carbocycles. The van der Waals surface area contributed by atoms with Crippen LogP contribution in [0.15, 0.2) is 18.2 Å². The monoisotopic (exact) mass is 307 g/mol. The van der Waals surface area contributed by atoms with Crippen LogP contribution in [0.1, 0.15) is 29.3 Å². The van der Waals surface area contributed by atoms with Crippen molar-refractivity contribution < 1.29 is 19.2 Å². The van der Waals surface area contributed by atoms with Gasteiger partial charge in [-0.05, 0) is 12.1 Å². The van der Waals surface area contributed by atoms with E-state index in [9.17, 15) is 19.7 Å². The highest BCUT2D eigenvalue weighted by molar-refractivity contribution is 8.13. The number of hydrogen-bond acceptors (Lipinski definition) is 6. The Bertz CT molecular complexity index is 630. The maximum absolute atomic E-state index is 11.3. The van der Waals surface area contributed by atoms with Crippen LogP contribution in [0.25, 0.3) is 0 Å². The average Bonchev–Trinajstić information content (AvgIpc) is 2.45. The van der Waals surface area contributed by atoms with E-state index >= 15 is 0 Å². The Kier molecular flexibility index (Phi) is 6.43. The number of benzene rings is 1. The lowest BCUT2D eigenvalue weighted by Gasteiger charge is -2.00. The number of esters is 1. The molecule has 0 spiro atoms. The molecule has 0 heterocycles. The Hall–Kier alpha value is -2.33. The van der Waals surface area contributed by atoms with Gasteiger partial charge in [0.2, 0.25) is 0 Å². The SMILES string of the molecule is COC(=O)c1ccc(C#CCCSC(C)=O)c([N+](=O)[O-])c1. The first-order chi connectivity index (χ1) is 9.95. The van der Waals surface area contributed by atoms with E-state index in [2.05, 4.69) is 16.6 Å². The molecule has 0 unspecified atom stereocenters. The second-order valence-electron chi connectivity index (χ2n) is 3.87. The molecule has 0 aliphatic carbocycles. The maximum Gasteiger partial charge on any atom is 0.338 e. The molecule has 0 atom stereocenters. The molecule has 1 rings (SSSR count). The molecule has 0 aliphatic heterocycles. The molecule has 0 bridgehead atoms. The van der Waals surface area contributed by atoms with Gasteiger partial charge in [-0.3, -0.25) is 14.9 Å². The number of nitro groups is 1. The third-order valence-electron chi connectivity index (χ3n) is 2.37. The Balaban J connectivity index is 2.92. The van der Waals surface area contributed by atoms with Gasteiger partial charge in [0.25, 0.3) is 5.69 Å². The van der Waals surface area contributed by atoms with E-state index < -0.39 is 10.9 Å². The van der Waals surface area contributed by atoms with Crippen molar-refractivity contribution in [1.82, 2.24) is 0 Å². The Labute approximate surface area is 126 Å². The average molecular weight is 307 g/mol. The van der Waals surface area contributed by atoms with Crippen molar-refractivity contribution in [3.8, 4) is 11.8 Å². The Morgan fingerprint density at radius 1 is 1.43 bits per heavy atom. The van der Waals surface area contributed by atoms with Gasteiger partial charge in [-0.15, -0.1) is 0 Å². The number of hydrogen-bond donors (Lipinski definition) is 0. The van der Waals surface area contributed by atoms with Crippen molar-refractivity contribution in [3.05, 3.63) is 39.4 Å². The van der Waals surface area contributed by atoms with E-state index in [0.29, 0.717) is 12.2 Å². The van der Waals surface area contributed by atoms with Crippen LogP contribution in [-0.2, 0) is 9.53 Å². The molecule has 0 radical (unpaired) electrons. The first-order valence-electron chi connectivity index (χ1n) is 5.94. The number of carbonyl (C=O) groups is 2. The largest absolute Gasteiger partial charge is 0.465 e. The molecule has 0 aromatic heterocycles. The summed E-state index contributed by atoms with van der Waals surface area (Å²) in [6.45, 7) is 1.47. The second-order valence-corrected chi connectivity index (χ2v) is 5.14. The van der Waals surface area contributed by atoms with Crippen LogP contribution in [-0.4, -0.2) is 28.9 Å². The van der Waals surface area contributed by atoms with Gasteiger partial charge in [-0.2, -0.15) is 0 Å². The summed E-state index contributed by atoms with van der Waals surface area (Å²) in [6, 6.07) is 3.98. The van der Waals surface area contributed by atoms with Gasteiger partial charge in [0.15, 0.2) is 5.12 Å². The van der Waals surface area contributed by atoms with E-state index in [0.717, 1.165) is 17.8 Å². The smallest absolute Gasteiger partial charge is 0.338 e. The molecule has 0 saturated heterocycles. The summed E-state index contributed by atoms with van der Waals surface area (Å²) in [5.74, 6) is 5.35. The first kappa shape index (κ1) is 16.7. The third kappa shape index (κ3) is 5.28. The van der Waals surface area contributed by atoms with Gasteiger partial charge in [0.05, 0.1) is 17.6 Å². The Morgan fingerprint density at radius 2 is 2.14 bits per heavy atom. The van der Waals surface area contributed by atoms with Gasteiger partial charge < -0.3 is 4.74 Å². The lowest BCUT2D eigenvalue weighted by Crippen LogP contribution is -2.03. The van der Waals surface area contributed by atoms with Crippen LogP contribution >= 0.6 is 11.8 Å². The maximum atomic E-state index is 11.3. The molecule has 0 amide bonds. The third-order valence-corrected chi connectivity index (χ3v) is 3.19. The highest BCUT2D eigenvalue weighted by atomic mass is 32.2. The van der Waals surface area contributed by atoms with E-state index in [1.807, 2.05) is 0 Å². The summed E-state index contributed by atoms with van der Waals surface area (Å²) in [6.07, 6.45) is 0.445. The second kappa shape index (κ2) is 8.07. The number of thioether (sulfide) groups is 1. The fourth-order valence-corrected chi connectivity index (χ4v) is 1.93. The zero-order valence-corrected chi connectivity index (χ0v) is 12.4. The molecular weight excluding hydrogens is 294 g/mol. The summed E-state index contributed by atoms with van der Waals surface area (Å²) < 4.78 is 4.51. The van der Waals surface area contributed by atoms with Crippen LogP contribution in [0.5, 0.6) is 0 Å². The lowest BCUT2D eigenvalue weighted by molar-refractivity contribution is -0.385. The number of nitrogens with zero attached hydrogens (tertiary/aromatic N) is 1. The van der Waals surface area contributed by atoms with Crippen molar-refractivity contribution in [2.24, 2.45) is 0 Å². The predicted octanol–water partition coefficient (Wildman–Crippen LogP) is 2.40. The van der Waals surface area contributed by atoms with Gasteiger partial charge in [0.1, 0.15) is 5.56 Å². The molecule has 21 heavy (non-hydrogen) atoms. The fraction of sp³-hybridized carbons (Fsp3) is 0.286. The van der Waals surface area contributed by atoms with Crippen LogP contribution in [0.3, 0.4) is 0 Å². The van der Waals surface area contributed by atoms with Crippen molar-refractivity contribution in [1.29, 1.82) is 0 Å². The summed E-state index contributed by atoms with van der Waals surface area (Å²) >= 11 is 1.15. The molecule has 0 aliphatic rings. The van der Waals surface area contributed by atoms with E-state index in [1.165, 1.54) is 26.2 Å². The summed E-state index contributed by atoms with van der Waals surface area (Å²) in [4.78, 5) is 32.5. The number of nitro benzene ring substituents is 1. The van der Waals surface area contributed by atoms with E-state index in [4.69, 9.17) is 0 Å². The highest BCUT2D eigenvalue weighted by Gasteiger charge is 2.16. The van der Waals surface area contributed by atoms with Gasteiger partial charge in [-0.25, -0.2) is 4.79 Å². The van der Waals surface area contributed by atoms with Crippen molar-refractivity contribution in [3.63, 3.8) is 0 Å². The molecule has 0 N–H and O–H groups in total. The molecule has 7 heteroatoms. The zero-order chi connectivity index (χ0) is 15.8. The predicted molar refractivity (Wildman–Crippen MR) is 79.1 cm³/mol. The standard InChI is InChI=1S/C14H13NO5S/c1-10(16)21-8-4-3-5-11-6-7-12(14(17)20-2)9-13(11)15(18)19/h6-7,9H,4,8H2,1-2H3. The normalized spacial score (nSPS) is 9.43. The quantitative estimate of drug-likeness (QED) is 0.279. The van der Waals surface area contributed by atoms with Gasteiger partial charge in [0, 0.05) is 25.2 Å². The topological polar surface area (TPSA) is 86.5 Å². The van der Waals surface area contributed by atoms with Crippen molar-refractivity contribution in [2.45, 2.75) is 13.3 Å². The van der Waals surface area contributed by atoms with Crippen molar-refractivity contribution >= 4 is 28.5 Å². The Morgan fingerprint density at radius 3 is 2.71 bits per heavy atom. The van der Waals surface area contributed by atoms with Crippen LogP contribution in [0.4, 0.5) is 5.69 Å². The van der Waals surface area contributed by atoms with Crippen LogP contribution < -0.4 is 0 Å². The highest BCUT2D eigenvalue weighted by Crippen LogP contribution is 2.20. The van der Waals surface area contributed by atoms with Crippen LogP contribution in [0, 0.1) is 22.0 Å². The van der Waals surface area contributed by atoms with E-state index in [-0.39, 0.29) is 21.9 Å². The molecule has 110 valence electrons.